The molecular formula is C25H28F4N4. The molecule has 4 aromatic heterocycles. The van der Waals surface area contributed by atoms with E-state index >= 15 is 0 Å². The first-order valence-corrected chi connectivity index (χ1v) is 9.48. The SMILES string of the molecule is C.Cc1cccnc1F.Cc1ccncc1F.Cc1cnccc1F.Cc1ncccc1F. The Bertz CT molecular complexity index is 833. The van der Waals surface area contributed by atoms with Crippen molar-refractivity contribution < 1.29 is 17.6 Å². The Labute approximate surface area is 192 Å². The second-order valence-corrected chi connectivity index (χ2v) is 6.43. The molecule has 4 heterocycles. The lowest BCUT2D eigenvalue weighted by molar-refractivity contribution is 0.574. The van der Waals surface area contributed by atoms with Gasteiger partial charge in [0.15, 0.2) is 0 Å². The Morgan fingerprint density at radius 1 is 0.545 bits per heavy atom. The minimum Gasteiger partial charge on any atom is -0.264 e. The number of rotatable bonds is 0. The second kappa shape index (κ2) is 16.0. The van der Waals surface area contributed by atoms with Gasteiger partial charge in [-0.1, -0.05) is 13.5 Å². The third kappa shape index (κ3) is 12.1. The maximum atomic E-state index is 12.3. The number of nitrogens with zero attached hydrogens (tertiary/aromatic N) is 4. The van der Waals surface area contributed by atoms with Gasteiger partial charge in [0.1, 0.15) is 17.5 Å². The quantitative estimate of drug-likeness (QED) is 0.215. The fourth-order valence-corrected chi connectivity index (χ4v) is 1.83. The second-order valence-electron chi connectivity index (χ2n) is 6.43. The molecule has 0 aliphatic heterocycles. The van der Waals surface area contributed by atoms with Crippen molar-refractivity contribution in [3.05, 3.63) is 119 Å². The van der Waals surface area contributed by atoms with Gasteiger partial charge in [-0.3, -0.25) is 15.0 Å². The zero-order chi connectivity index (χ0) is 23.9. The first kappa shape index (κ1) is 29.3. The number of pyridine rings is 4. The van der Waals surface area contributed by atoms with Crippen LogP contribution in [0, 0.1) is 51.1 Å². The zero-order valence-corrected chi connectivity index (χ0v) is 18.2. The standard InChI is InChI=1S/4C6H6FN.CH4/c1-5-4-8-3-2-6(5)7;1-5-2-3-8-4-6(5)7;1-5-6(7)3-2-4-8-5;1-5-3-2-4-8-6(5)7;/h4*2-4H,1H3;1H4. The summed E-state index contributed by atoms with van der Waals surface area (Å²) in [5.74, 6) is -1.06. The zero-order valence-electron chi connectivity index (χ0n) is 18.2. The van der Waals surface area contributed by atoms with Crippen LogP contribution in [0.2, 0.25) is 0 Å². The molecule has 4 nitrogen and oxygen atoms in total. The summed E-state index contributed by atoms with van der Waals surface area (Å²) in [7, 11) is 0. The average Bonchev–Trinajstić information content (AvgIpc) is 2.78. The van der Waals surface area contributed by atoms with Gasteiger partial charge >= 0.3 is 0 Å². The van der Waals surface area contributed by atoms with Crippen LogP contribution in [-0.2, 0) is 0 Å². The van der Waals surface area contributed by atoms with E-state index in [9.17, 15) is 17.6 Å². The number of aromatic nitrogens is 4. The van der Waals surface area contributed by atoms with Gasteiger partial charge in [0, 0.05) is 42.1 Å². The molecule has 4 aromatic rings. The average molecular weight is 461 g/mol. The smallest absolute Gasteiger partial charge is 0.215 e. The first-order chi connectivity index (χ1) is 15.2. The molecule has 0 unspecified atom stereocenters. The summed E-state index contributed by atoms with van der Waals surface area (Å²) in [6, 6.07) is 9.33. The van der Waals surface area contributed by atoms with Crippen LogP contribution in [0.1, 0.15) is 29.8 Å². The molecule has 176 valence electrons. The van der Waals surface area contributed by atoms with Crippen molar-refractivity contribution in [2.45, 2.75) is 35.1 Å². The molecule has 0 saturated heterocycles. The van der Waals surface area contributed by atoms with Crippen LogP contribution in [0.3, 0.4) is 0 Å². The van der Waals surface area contributed by atoms with Gasteiger partial charge in [0.25, 0.3) is 0 Å². The van der Waals surface area contributed by atoms with E-state index in [2.05, 4.69) is 19.9 Å². The number of aryl methyl sites for hydroxylation is 4. The Morgan fingerprint density at radius 2 is 1.15 bits per heavy atom. The summed E-state index contributed by atoms with van der Waals surface area (Å²) >= 11 is 0. The summed E-state index contributed by atoms with van der Waals surface area (Å²) in [4.78, 5) is 14.4. The molecule has 0 spiro atoms. The molecule has 0 fully saturated rings. The Balaban J connectivity index is 0.000000410. The number of halogens is 4. The largest absolute Gasteiger partial charge is 0.264 e. The predicted octanol–water partition coefficient (Wildman–Crippen LogP) is 6.75. The Morgan fingerprint density at radius 3 is 1.52 bits per heavy atom. The predicted molar refractivity (Wildman–Crippen MR) is 122 cm³/mol. The summed E-state index contributed by atoms with van der Waals surface area (Å²) in [5, 5.41) is 0. The van der Waals surface area contributed by atoms with E-state index in [1.165, 1.54) is 36.9 Å². The number of hydrogen-bond donors (Lipinski definition) is 0. The minimum absolute atomic E-state index is 0. The van der Waals surface area contributed by atoms with Gasteiger partial charge in [0.05, 0.1) is 11.9 Å². The van der Waals surface area contributed by atoms with Crippen LogP contribution in [0.25, 0.3) is 0 Å². The highest BCUT2D eigenvalue weighted by atomic mass is 19.1. The summed E-state index contributed by atoms with van der Waals surface area (Å²) in [6.45, 7) is 6.71. The summed E-state index contributed by atoms with van der Waals surface area (Å²) in [5.41, 5.74) is 2.27. The number of hydrogen-bond acceptors (Lipinski definition) is 4. The van der Waals surface area contributed by atoms with E-state index in [0.717, 1.165) is 0 Å². The monoisotopic (exact) mass is 460 g/mol. The van der Waals surface area contributed by atoms with Gasteiger partial charge in [-0.15, -0.1) is 0 Å². The minimum atomic E-state index is -0.382. The van der Waals surface area contributed by atoms with Crippen molar-refractivity contribution in [3.63, 3.8) is 0 Å². The summed E-state index contributed by atoms with van der Waals surface area (Å²) < 4.78 is 49.0. The highest BCUT2D eigenvalue weighted by molar-refractivity contribution is 5.09. The normalized spacial score (nSPS) is 8.97. The molecule has 33 heavy (non-hydrogen) atoms. The van der Waals surface area contributed by atoms with Gasteiger partial charge < -0.3 is 0 Å². The molecule has 0 saturated carbocycles. The van der Waals surface area contributed by atoms with Crippen molar-refractivity contribution in [1.82, 2.24) is 19.9 Å². The van der Waals surface area contributed by atoms with Crippen LogP contribution >= 0.6 is 0 Å². The van der Waals surface area contributed by atoms with E-state index in [1.54, 1.807) is 64.4 Å². The molecule has 0 aliphatic carbocycles. The van der Waals surface area contributed by atoms with Gasteiger partial charge in [0.2, 0.25) is 5.95 Å². The highest BCUT2D eigenvalue weighted by Crippen LogP contribution is 2.01. The highest BCUT2D eigenvalue weighted by Gasteiger charge is 1.92. The van der Waals surface area contributed by atoms with E-state index in [-0.39, 0.29) is 30.8 Å². The molecular weight excluding hydrogens is 432 g/mol. The van der Waals surface area contributed by atoms with E-state index in [4.69, 9.17) is 0 Å². The van der Waals surface area contributed by atoms with Crippen molar-refractivity contribution in [1.29, 1.82) is 0 Å². The topological polar surface area (TPSA) is 51.6 Å². The third-order valence-corrected chi connectivity index (χ3v) is 3.82. The molecule has 0 aromatic carbocycles. The molecule has 0 amide bonds. The van der Waals surface area contributed by atoms with Crippen molar-refractivity contribution in [2.75, 3.05) is 0 Å². The van der Waals surface area contributed by atoms with Gasteiger partial charge in [-0.25, -0.2) is 18.2 Å². The lowest BCUT2D eigenvalue weighted by Gasteiger charge is -1.88. The van der Waals surface area contributed by atoms with Crippen LogP contribution < -0.4 is 0 Å². The molecule has 4 rings (SSSR count). The van der Waals surface area contributed by atoms with Crippen molar-refractivity contribution >= 4 is 0 Å². The van der Waals surface area contributed by atoms with Crippen molar-refractivity contribution in [2.24, 2.45) is 0 Å². The molecule has 0 atom stereocenters. The molecule has 0 N–H and O–H groups in total. The van der Waals surface area contributed by atoms with Crippen LogP contribution in [0.15, 0.2) is 73.6 Å². The van der Waals surface area contributed by atoms with E-state index in [1.807, 2.05) is 0 Å². The lowest BCUT2D eigenvalue weighted by atomic mass is 10.3. The van der Waals surface area contributed by atoms with Crippen molar-refractivity contribution in [3.8, 4) is 0 Å². The third-order valence-electron chi connectivity index (χ3n) is 3.82. The van der Waals surface area contributed by atoms with E-state index < -0.39 is 0 Å². The maximum Gasteiger partial charge on any atom is 0.215 e. The first-order valence-electron chi connectivity index (χ1n) is 9.48. The fraction of sp³-hybridized carbons (Fsp3) is 0.200. The maximum absolute atomic E-state index is 12.3. The fourth-order valence-electron chi connectivity index (χ4n) is 1.83. The lowest BCUT2D eigenvalue weighted by Crippen LogP contribution is -1.83. The Hall–Kier alpha value is -3.68. The van der Waals surface area contributed by atoms with Crippen LogP contribution in [-0.4, -0.2) is 19.9 Å². The molecule has 0 radical (unpaired) electrons. The van der Waals surface area contributed by atoms with Crippen LogP contribution in [0.5, 0.6) is 0 Å². The molecule has 0 bridgehead atoms. The van der Waals surface area contributed by atoms with Gasteiger partial charge in [-0.2, -0.15) is 4.39 Å². The van der Waals surface area contributed by atoms with E-state index in [0.29, 0.717) is 22.4 Å². The Kier molecular flexibility index (Phi) is 14.2. The molecule has 0 aliphatic rings. The molecule has 8 heteroatoms. The van der Waals surface area contributed by atoms with Crippen LogP contribution in [0.4, 0.5) is 17.6 Å². The summed E-state index contributed by atoms with van der Waals surface area (Å²) in [6.07, 6.45) is 8.70. The van der Waals surface area contributed by atoms with Gasteiger partial charge in [-0.05, 0) is 63.6 Å².